The van der Waals surface area contributed by atoms with Crippen LogP contribution >= 0.6 is 0 Å². The molecule has 1 saturated carbocycles. The zero-order valence-electron chi connectivity index (χ0n) is 12.1. The normalized spacial score (nSPS) is 26.1. The number of hydrogen-bond acceptors (Lipinski definition) is 2. The van der Waals surface area contributed by atoms with Crippen molar-refractivity contribution in [3.8, 4) is 0 Å². The Morgan fingerprint density at radius 1 is 1.18 bits per heavy atom. The highest BCUT2D eigenvalue weighted by Gasteiger charge is 2.45. The van der Waals surface area contributed by atoms with Crippen LogP contribution in [0.15, 0.2) is 0 Å². The van der Waals surface area contributed by atoms with Crippen LogP contribution in [0.3, 0.4) is 0 Å². The number of rotatable bonds is 4. The summed E-state index contributed by atoms with van der Waals surface area (Å²) in [6, 6.07) is 0. The van der Waals surface area contributed by atoms with Gasteiger partial charge >= 0.3 is 0 Å². The van der Waals surface area contributed by atoms with E-state index in [1.165, 1.54) is 45.3 Å². The van der Waals surface area contributed by atoms with Gasteiger partial charge in [0.05, 0.1) is 12.2 Å². The molecule has 0 aromatic rings. The van der Waals surface area contributed by atoms with Gasteiger partial charge < -0.3 is 9.64 Å². The average Bonchev–Trinajstić information content (AvgIpc) is 2.99. The van der Waals surface area contributed by atoms with E-state index in [0.717, 1.165) is 12.5 Å². The van der Waals surface area contributed by atoms with Crippen LogP contribution in [0.25, 0.3) is 0 Å². The fraction of sp³-hybridized carbons (Fsp3) is 1.00. The van der Waals surface area contributed by atoms with Crippen molar-refractivity contribution in [2.24, 2.45) is 11.3 Å². The van der Waals surface area contributed by atoms with Gasteiger partial charge in [-0.1, -0.05) is 6.92 Å². The first-order valence-electron chi connectivity index (χ1n) is 7.25. The molecule has 2 aliphatic rings. The molecule has 0 amide bonds. The first kappa shape index (κ1) is 13.4. The SMILES string of the molecule is CC1CCN(CC2(COC(C)(C)C)CC2)CC1. The molecule has 0 radical (unpaired) electrons. The molecular weight excluding hydrogens is 210 g/mol. The molecule has 1 saturated heterocycles. The third kappa shape index (κ3) is 4.26. The zero-order chi connectivity index (χ0) is 12.5. The summed E-state index contributed by atoms with van der Waals surface area (Å²) in [4.78, 5) is 2.67. The first-order chi connectivity index (χ1) is 7.89. The van der Waals surface area contributed by atoms with E-state index < -0.39 is 0 Å². The molecule has 17 heavy (non-hydrogen) atoms. The highest BCUT2D eigenvalue weighted by molar-refractivity contribution is 4.96. The largest absolute Gasteiger partial charge is 0.375 e. The van der Waals surface area contributed by atoms with Crippen molar-refractivity contribution in [3.63, 3.8) is 0 Å². The maximum absolute atomic E-state index is 5.99. The molecule has 0 aromatic carbocycles. The van der Waals surface area contributed by atoms with Gasteiger partial charge in [0.1, 0.15) is 0 Å². The summed E-state index contributed by atoms with van der Waals surface area (Å²) < 4.78 is 5.99. The highest BCUT2D eigenvalue weighted by Crippen LogP contribution is 2.47. The molecule has 0 atom stereocenters. The predicted molar refractivity (Wildman–Crippen MR) is 72.2 cm³/mol. The summed E-state index contributed by atoms with van der Waals surface area (Å²) in [6.45, 7) is 13.7. The van der Waals surface area contributed by atoms with Crippen molar-refractivity contribution < 1.29 is 4.74 Å². The molecule has 0 bridgehead atoms. The Labute approximate surface area is 107 Å². The lowest BCUT2D eigenvalue weighted by Gasteiger charge is -2.34. The monoisotopic (exact) mass is 239 g/mol. The molecule has 1 aliphatic heterocycles. The van der Waals surface area contributed by atoms with Crippen LogP contribution in [0.2, 0.25) is 0 Å². The fourth-order valence-electron chi connectivity index (χ4n) is 2.59. The van der Waals surface area contributed by atoms with E-state index >= 15 is 0 Å². The van der Waals surface area contributed by atoms with E-state index in [1.54, 1.807) is 0 Å². The molecule has 0 N–H and O–H groups in total. The van der Waals surface area contributed by atoms with Gasteiger partial charge in [0.25, 0.3) is 0 Å². The summed E-state index contributed by atoms with van der Waals surface area (Å²) in [5.41, 5.74) is 0.528. The Balaban J connectivity index is 1.74. The van der Waals surface area contributed by atoms with Crippen molar-refractivity contribution in [2.45, 2.75) is 59.0 Å². The minimum atomic E-state index is 0.0198. The van der Waals surface area contributed by atoms with Crippen LogP contribution in [-0.2, 0) is 4.74 Å². The number of nitrogens with zero attached hydrogens (tertiary/aromatic N) is 1. The smallest absolute Gasteiger partial charge is 0.0598 e. The first-order valence-corrected chi connectivity index (χ1v) is 7.25. The predicted octanol–water partition coefficient (Wildman–Crippen LogP) is 3.31. The Morgan fingerprint density at radius 2 is 1.76 bits per heavy atom. The minimum Gasteiger partial charge on any atom is -0.375 e. The van der Waals surface area contributed by atoms with Crippen LogP contribution in [-0.4, -0.2) is 36.7 Å². The van der Waals surface area contributed by atoms with Gasteiger partial charge in [-0.05, 0) is 65.5 Å². The summed E-state index contributed by atoms with van der Waals surface area (Å²) in [5.74, 6) is 0.937. The fourth-order valence-corrected chi connectivity index (χ4v) is 2.59. The lowest BCUT2D eigenvalue weighted by molar-refractivity contribution is -0.0354. The summed E-state index contributed by atoms with van der Waals surface area (Å²) in [7, 11) is 0. The lowest BCUT2D eigenvalue weighted by Crippen LogP contribution is -2.39. The van der Waals surface area contributed by atoms with Crippen LogP contribution in [0.1, 0.15) is 53.4 Å². The van der Waals surface area contributed by atoms with E-state index in [4.69, 9.17) is 4.74 Å². The quantitative estimate of drug-likeness (QED) is 0.746. The van der Waals surface area contributed by atoms with Crippen LogP contribution < -0.4 is 0 Å². The molecule has 1 aliphatic carbocycles. The third-order valence-electron chi connectivity index (χ3n) is 4.20. The van der Waals surface area contributed by atoms with Gasteiger partial charge in [0, 0.05) is 12.0 Å². The lowest BCUT2D eigenvalue weighted by atomic mass is 9.97. The molecule has 0 aromatic heterocycles. The molecule has 2 fully saturated rings. The highest BCUT2D eigenvalue weighted by atomic mass is 16.5. The standard InChI is InChI=1S/C15H29NO/c1-13-5-9-16(10-6-13)11-15(7-8-15)12-17-14(2,3)4/h13H,5-12H2,1-4H3. The maximum atomic E-state index is 5.99. The van der Waals surface area contributed by atoms with E-state index in [9.17, 15) is 0 Å². The molecule has 100 valence electrons. The molecule has 0 spiro atoms. The number of hydrogen-bond donors (Lipinski definition) is 0. The molecule has 2 heteroatoms. The molecular formula is C15H29NO. The van der Waals surface area contributed by atoms with E-state index in [0.29, 0.717) is 5.41 Å². The average molecular weight is 239 g/mol. The Bertz CT molecular complexity index is 244. The van der Waals surface area contributed by atoms with Crippen molar-refractivity contribution in [2.75, 3.05) is 26.2 Å². The Hall–Kier alpha value is -0.0800. The van der Waals surface area contributed by atoms with Gasteiger partial charge in [-0.15, -0.1) is 0 Å². The number of ether oxygens (including phenoxy) is 1. The van der Waals surface area contributed by atoms with Crippen molar-refractivity contribution >= 4 is 0 Å². The summed E-state index contributed by atoms with van der Waals surface area (Å²) in [5, 5.41) is 0. The Kier molecular flexibility index (Phi) is 3.84. The second-order valence-electron chi connectivity index (χ2n) is 7.36. The van der Waals surface area contributed by atoms with Gasteiger partial charge in [-0.2, -0.15) is 0 Å². The van der Waals surface area contributed by atoms with Gasteiger partial charge in [-0.3, -0.25) is 0 Å². The van der Waals surface area contributed by atoms with Crippen molar-refractivity contribution in [1.29, 1.82) is 0 Å². The minimum absolute atomic E-state index is 0.0198. The summed E-state index contributed by atoms with van der Waals surface area (Å²) >= 11 is 0. The number of likely N-dealkylation sites (tertiary alicyclic amines) is 1. The molecule has 1 heterocycles. The third-order valence-corrected chi connectivity index (χ3v) is 4.20. The molecule has 2 rings (SSSR count). The second-order valence-corrected chi connectivity index (χ2v) is 7.36. The van der Waals surface area contributed by atoms with Crippen LogP contribution in [0.4, 0.5) is 0 Å². The van der Waals surface area contributed by atoms with Gasteiger partial charge in [0.15, 0.2) is 0 Å². The van der Waals surface area contributed by atoms with Crippen LogP contribution in [0, 0.1) is 11.3 Å². The summed E-state index contributed by atoms with van der Waals surface area (Å²) in [6.07, 6.45) is 5.51. The molecule has 0 unspecified atom stereocenters. The Morgan fingerprint density at radius 3 is 2.24 bits per heavy atom. The second kappa shape index (κ2) is 4.89. The van der Waals surface area contributed by atoms with Gasteiger partial charge in [-0.25, -0.2) is 0 Å². The zero-order valence-corrected chi connectivity index (χ0v) is 12.1. The molecule has 2 nitrogen and oxygen atoms in total. The topological polar surface area (TPSA) is 12.5 Å². The van der Waals surface area contributed by atoms with E-state index in [1.807, 2.05) is 0 Å². The van der Waals surface area contributed by atoms with Gasteiger partial charge in [0.2, 0.25) is 0 Å². The van der Waals surface area contributed by atoms with Crippen molar-refractivity contribution in [1.82, 2.24) is 4.90 Å². The van der Waals surface area contributed by atoms with Crippen molar-refractivity contribution in [3.05, 3.63) is 0 Å². The van der Waals surface area contributed by atoms with E-state index in [-0.39, 0.29) is 5.60 Å². The van der Waals surface area contributed by atoms with E-state index in [2.05, 4.69) is 32.6 Å². The number of piperidine rings is 1. The van der Waals surface area contributed by atoms with Crippen LogP contribution in [0.5, 0.6) is 0 Å². The maximum Gasteiger partial charge on any atom is 0.0598 e.